The monoisotopic (exact) mass is 573 g/mol. The number of hydrogen-bond donors (Lipinski definition) is 4. The van der Waals surface area contributed by atoms with Crippen molar-refractivity contribution in [2.45, 2.75) is 39.3 Å². The zero-order chi connectivity index (χ0) is 21.2. The van der Waals surface area contributed by atoms with Crippen LogP contribution >= 0.6 is 61.0 Å². The number of nitrogens with zero attached hydrogens (tertiary/aromatic N) is 1. The smallest absolute Gasteiger partial charge is 0.140 e. The Morgan fingerprint density at radius 1 is 1.12 bits per heavy atom. The van der Waals surface area contributed by atoms with E-state index in [1.807, 2.05) is 29.6 Å². The summed E-state index contributed by atoms with van der Waals surface area (Å²) in [6.07, 6.45) is 2.22. The number of amidine groups is 1. The van der Waals surface area contributed by atoms with Crippen molar-refractivity contribution in [1.29, 1.82) is 5.41 Å². The van der Waals surface area contributed by atoms with Gasteiger partial charge < -0.3 is 20.7 Å². The first kappa shape index (κ1) is 35.4. The molecule has 2 heterocycles. The second kappa shape index (κ2) is 19.4. The largest absolute Gasteiger partial charge is 0.490 e. The lowest BCUT2D eigenvalue weighted by Crippen LogP contribution is -2.45. The average molecular weight is 575 g/mol. The van der Waals surface area contributed by atoms with Crippen LogP contribution in [0.3, 0.4) is 0 Å². The molecule has 3 rings (SSSR count). The van der Waals surface area contributed by atoms with Crippen molar-refractivity contribution in [1.82, 2.24) is 15.5 Å². The summed E-state index contributed by atoms with van der Waals surface area (Å²) < 4.78 is 6.29. The Labute approximate surface area is 233 Å². The lowest BCUT2D eigenvalue weighted by atomic mass is 10.1. The average Bonchev–Trinajstić information content (AvgIpc) is 3.32. The maximum atomic E-state index is 8.30. The third-order valence-corrected chi connectivity index (χ3v) is 6.32. The normalized spacial score (nSPS) is 13.0. The van der Waals surface area contributed by atoms with Gasteiger partial charge in [0, 0.05) is 57.1 Å². The molecule has 2 aromatic rings. The number of nitrogens with one attached hydrogen (secondary N) is 4. The highest BCUT2D eigenvalue weighted by Gasteiger charge is 2.13. The molecule has 0 radical (unpaired) electrons. The third-order valence-electron chi connectivity index (χ3n) is 5.43. The Morgan fingerprint density at radius 3 is 2.44 bits per heavy atom. The van der Waals surface area contributed by atoms with Gasteiger partial charge in [-0.3, -0.25) is 10.3 Å². The first-order chi connectivity index (χ1) is 14.7. The molecule has 0 bridgehead atoms. The van der Waals surface area contributed by atoms with E-state index in [1.54, 1.807) is 11.3 Å². The fraction of sp³-hybridized carbons (Fsp3) is 0.522. The molecule has 1 saturated heterocycles. The van der Waals surface area contributed by atoms with Crippen molar-refractivity contribution in [3.63, 3.8) is 0 Å². The zero-order valence-corrected chi connectivity index (χ0v) is 23.9. The molecular weight excluding hydrogens is 536 g/mol. The zero-order valence-electron chi connectivity index (χ0n) is 19.8. The molecule has 11 heteroatoms. The molecule has 0 amide bonds. The molecule has 0 spiro atoms. The van der Waals surface area contributed by atoms with Crippen LogP contribution in [-0.2, 0) is 6.54 Å². The van der Waals surface area contributed by atoms with Crippen molar-refractivity contribution < 1.29 is 4.74 Å². The van der Waals surface area contributed by atoms with E-state index in [4.69, 9.17) is 10.1 Å². The van der Waals surface area contributed by atoms with Gasteiger partial charge in [-0.25, -0.2) is 0 Å². The van der Waals surface area contributed by atoms with Crippen molar-refractivity contribution in [2.24, 2.45) is 0 Å². The number of anilines is 1. The topological polar surface area (TPSA) is 72.4 Å². The molecule has 0 saturated carbocycles. The van der Waals surface area contributed by atoms with E-state index in [2.05, 4.69) is 40.8 Å². The van der Waals surface area contributed by atoms with Gasteiger partial charge in [0.1, 0.15) is 11.6 Å². The fourth-order valence-electron chi connectivity index (χ4n) is 3.57. The number of hydrogen-bond acceptors (Lipinski definition) is 6. The van der Waals surface area contributed by atoms with E-state index >= 15 is 0 Å². The van der Waals surface area contributed by atoms with Gasteiger partial charge in [0.2, 0.25) is 0 Å². The van der Waals surface area contributed by atoms with Crippen molar-refractivity contribution in [3.05, 3.63) is 46.2 Å². The number of piperazine rings is 1. The molecule has 4 N–H and O–H groups in total. The van der Waals surface area contributed by atoms with Crippen LogP contribution in [0.25, 0.3) is 0 Å². The van der Waals surface area contributed by atoms with Crippen LogP contribution in [0.15, 0.2) is 35.7 Å². The summed E-state index contributed by atoms with van der Waals surface area (Å²) in [5.41, 5.74) is 2.05. The SMILES string of the molecule is CCC(CC)Oc1ccc(NC(=N)c2cccs2)cc1CNCCN1CCNCC1.Cl.Cl.Cl.Cl. The van der Waals surface area contributed by atoms with Gasteiger partial charge in [-0.1, -0.05) is 19.9 Å². The summed E-state index contributed by atoms with van der Waals surface area (Å²) >= 11 is 1.57. The molecule has 0 aliphatic carbocycles. The van der Waals surface area contributed by atoms with Gasteiger partial charge in [-0.2, -0.15) is 0 Å². The molecule has 6 nitrogen and oxygen atoms in total. The van der Waals surface area contributed by atoms with Crippen LogP contribution < -0.4 is 20.7 Å². The quantitative estimate of drug-likeness (QED) is 0.163. The molecule has 0 atom stereocenters. The standard InChI is InChI=1S/C23H35N5OS.4ClH/c1-3-20(4-2)29-21-8-7-19(27-23(24)22-6-5-15-30-22)16-18(21)17-26-11-14-28-12-9-25-10-13-28;;;;/h5-8,15-16,20,25-26H,3-4,9-14,17H2,1-2H3,(H2,24,27);4*1H. The van der Waals surface area contributed by atoms with E-state index in [0.717, 1.165) is 80.5 Å². The predicted molar refractivity (Wildman–Crippen MR) is 156 cm³/mol. The van der Waals surface area contributed by atoms with Crippen molar-refractivity contribution in [3.8, 4) is 5.75 Å². The molecule has 1 aliphatic heterocycles. The number of ether oxygens (including phenoxy) is 1. The number of benzene rings is 1. The maximum Gasteiger partial charge on any atom is 0.140 e. The molecule has 34 heavy (non-hydrogen) atoms. The molecule has 0 unspecified atom stereocenters. The van der Waals surface area contributed by atoms with Gasteiger partial charge in [-0.15, -0.1) is 61.0 Å². The highest BCUT2D eigenvalue weighted by molar-refractivity contribution is 7.12. The summed E-state index contributed by atoms with van der Waals surface area (Å²) in [6.45, 7) is 11.5. The highest BCUT2D eigenvalue weighted by atomic mass is 35.5. The third kappa shape index (κ3) is 11.3. The van der Waals surface area contributed by atoms with Crippen LogP contribution in [0.1, 0.15) is 37.1 Å². The van der Waals surface area contributed by atoms with E-state index < -0.39 is 0 Å². The Bertz CT molecular complexity index is 788. The number of thiophene rings is 1. The van der Waals surface area contributed by atoms with Crippen LogP contribution in [0, 0.1) is 5.41 Å². The minimum Gasteiger partial charge on any atom is -0.490 e. The first-order valence-electron chi connectivity index (χ1n) is 11.0. The summed E-state index contributed by atoms with van der Waals surface area (Å²) in [5.74, 6) is 1.36. The van der Waals surface area contributed by atoms with Gasteiger partial charge in [0.25, 0.3) is 0 Å². The van der Waals surface area contributed by atoms with Crippen molar-refractivity contribution >= 4 is 72.5 Å². The van der Waals surface area contributed by atoms with Crippen LogP contribution in [0.2, 0.25) is 0 Å². The Hall–Kier alpha value is -0.770. The van der Waals surface area contributed by atoms with Gasteiger partial charge in [-0.05, 0) is 42.5 Å². The van der Waals surface area contributed by atoms with Crippen LogP contribution in [0.5, 0.6) is 5.75 Å². The molecular formula is C23H39Cl4N5OS. The number of rotatable bonds is 11. The first-order valence-corrected chi connectivity index (χ1v) is 11.9. The summed E-state index contributed by atoms with van der Waals surface area (Å²) in [7, 11) is 0. The Morgan fingerprint density at radius 2 is 1.82 bits per heavy atom. The van der Waals surface area contributed by atoms with E-state index in [9.17, 15) is 0 Å². The Kier molecular flexibility index (Phi) is 20.2. The minimum atomic E-state index is 0. The molecule has 196 valence electrons. The lowest BCUT2D eigenvalue weighted by Gasteiger charge is -2.27. The van der Waals surface area contributed by atoms with Crippen LogP contribution in [0.4, 0.5) is 5.69 Å². The summed E-state index contributed by atoms with van der Waals surface area (Å²) in [6, 6.07) is 10.1. The minimum absolute atomic E-state index is 0. The van der Waals surface area contributed by atoms with E-state index in [-0.39, 0.29) is 55.7 Å². The summed E-state index contributed by atoms with van der Waals surface area (Å²) in [5, 5.41) is 20.5. The van der Waals surface area contributed by atoms with E-state index in [0.29, 0.717) is 5.84 Å². The highest BCUT2D eigenvalue weighted by Crippen LogP contribution is 2.26. The molecule has 1 fully saturated rings. The Balaban J connectivity index is 0. The van der Waals surface area contributed by atoms with Crippen molar-refractivity contribution in [2.75, 3.05) is 44.6 Å². The number of halogens is 4. The van der Waals surface area contributed by atoms with E-state index in [1.165, 1.54) is 0 Å². The van der Waals surface area contributed by atoms with Gasteiger partial charge >= 0.3 is 0 Å². The molecule has 1 aromatic heterocycles. The summed E-state index contributed by atoms with van der Waals surface area (Å²) in [4.78, 5) is 3.42. The fourth-order valence-corrected chi connectivity index (χ4v) is 4.20. The predicted octanol–water partition coefficient (Wildman–Crippen LogP) is 5.43. The van der Waals surface area contributed by atoms with Gasteiger partial charge in [0.15, 0.2) is 0 Å². The molecule has 1 aliphatic rings. The maximum absolute atomic E-state index is 8.30. The lowest BCUT2D eigenvalue weighted by molar-refractivity contribution is 0.190. The van der Waals surface area contributed by atoms with Crippen LogP contribution in [-0.4, -0.2) is 56.1 Å². The second-order valence-corrected chi connectivity index (χ2v) is 8.57. The van der Waals surface area contributed by atoms with Gasteiger partial charge in [0.05, 0.1) is 11.0 Å². The second-order valence-electron chi connectivity index (χ2n) is 7.62. The molecule has 1 aromatic carbocycles.